The van der Waals surface area contributed by atoms with E-state index in [1.54, 1.807) is 61.8 Å². The second-order valence-corrected chi connectivity index (χ2v) is 7.58. The molecule has 160 valence electrons. The van der Waals surface area contributed by atoms with Crippen LogP contribution in [0.3, 0.4) is 0 Å². The van der Waals surface area contributed by atoms with E-state index in [0.717, 1.165) is 11.4 Å². The number of hydrogen-bond acceptors (Lipinski definition) is 5. The molecule has 0 saturated carbocycles. The van der Waals surface area contributed by atoms with Crippen LogP contribution in [0.4, 0.5) is 5.69 Å². The predicted octanol–water partition coefficient (Wildman–Crippen LogP) is 5.88. The lowest BCUT2D eigenvalue weighted by Crippen LogP contribution is -2.14. The number of rotatable bonds is 7. The van der Waals surface area contributed by atoms with Crippen molar-refractivity contribution in [3.63, 3.8) is 0 Å². The average Bonchev–Trinajstić information content (AvgIpc) is 2.83. The van der Waals surface area contributed by atoms with Crippen molar-refractivity contribution in [2.24, 2.45) is 0 Å². The van der Waals surface area contributed by atoms with Crippen LogP contribution in [-0.4, -0.2) is 12.9 Å². The number of Topliss-reactive ketones (excluding diaryl/α,β-unsaturated/α-hetero) is 1. The predicted molar refractivity (Wildman–Crippen MR) is 127 cm³/mol. The highest BCUT2D eigenvalue weighted by molar-refractivity contribution is 6.30. The first-order valence-electron chi connectivity index (χ1n) is 9.94. The molecule has 0 radical (unpaired) electrons. The number of benzene rings is 3. The van der Waals surface area contributed by atoms with Gasteiger partial charge in [-0.05, 0) is 60.7 Å². The van der Waals surface area contributed by atoms with Crippen LogP contribution in [0.25, 0.3) is 11.0 Å². The Kier molecular flexibility index (Phi) is 6.38. The molecule has 6 heteroatoms. The smallest absolute Gasteiger partial charge is 0.196 e. The Labute approximate surface area is 189 Å². The molecule has 4 rings (SSSR count). The van der Waals surface area contributed by atoms with E-state index in [1.807, 2.05) is 24.3 Å². The first-order chi connectivity index (χ1) is 15.5. The molecular formula is C26H20ClNO4. The second-order valence-electron chi connectivity index (χ2n) is 7.14. The number of halogens is 1. The van der Waals surface area contributed by atoms with Crippen molar-refractivity contribution in [1.82, 2.24) is 0 Å². The summed E-state index contributed by atoms with van der Waals surface area (Å²) in [5, 5.41) is 4.16. The average molecular weight is 446 g/mol. The minimum atomic E-state index is -0.213. The molecule has 0 unspecified atom stereocenters. The van der Waals surface area contributed by atoms with Gasteiger partial charge >= 0.3 is 0 Å². The fourth-order valence-corrected chi connectivity index (χ4v) is 3.41. The number of ether oxygens (including phenoxy) is 1. The zero-order chi connectivity index (χ0) is 22.5. The zero-order valence-corrected chi connectivity index (χ0v) is 18.1. The summed E-state index contributed by atoms with van der Waals surface area (Å²) in [6.45, 7) is 0. The van der Waals surface area contributed by atoms with Gasteiger partial charge in [0.25, 0.3) is 0 Å². The minimum Gasteiger partial charge on any atom is -0.497 e. The topological polar surface area (TPSA) is 68.5 Å². The summed E-state index contributed by atoms with van der Waals surface area (Å²) in [6, 6.07) is 21.0. The van der Waals surface area contributed by atoms with Gasteiger partial charge in [-0.3, -0.25) is 9.59 Å². The standard InChI is InChI=1S/C26H20ClNO4/c1-31-22-12-10-21(11-13-22)28-15-18(25(29)17-6-8-20(27)9-7-17)14-19-16-32-24-5-3-2-4-23(24)26(19)30/h2-13,15-16,28H,14H2,1H3/b18-15+. The molecular weight excluding hydrogens is 426 g/mol. The molecule has 32 heavy (non-hydrogen) atoms. The van der Waals surface area contributed by atoms with Gasteiger partial charge in [0.1, 0.15) is 11.3 Å². The third-order valence-electron chi connectivity index (χ3n) is 5.03. The van der Waals surface area contributed by atoms with Gasteiger partial charge in [-0.25, -0.2) is 0 Å². The van der Waals surface area contributed by atoms with Crippen LogP contribution in [0.15, 0.2) is 100 Å². The van der Waals surface area contributed by atoms with Crippen LogP contribution in [0.5, 0.6) is 5.75 Å². The van der Waals surface area contributed by atoms with Crippen molar-refractivity contribution >= 4 is 34.0 Å². The SMILES string of the molecule is COc1ccc(N/C=C(\Cc2coc3ccccc3c2=O)C(=O)c2ccc(Cl)cc2)cc1. The number of hydrogen-bond donors (Lipinski definition) is 1. The summed E-state index contributed by atoms with van der Waals surface area (Å²) >= 11 is 5.97. The summed E-state index contributed by atoms with van der Waals surface area (Å²) in [6.07, 6.45) is 3.15. The molecule has 0 atom stereocenters. The molecule has 1 N–H and O–H groups in total. The summed E-state index contributed by atoms with van der Waals surface area (Å²) in [7, 11) is 1.60. The van der Waals surface area contributed by atoms with Gasteiger partial charge in [0.05, 0.1) is 18.8 Å². The zero-order valence-electron chi connectivity index (χ0n) is 17.3. The fourth-order valence-electron chi connectivity index (χ4n) is 3.29. The van der Waals surface area contributed by atoms with Gasteiger partial charge in [0.2, 0.25) is 0 Å². The van der Waals surface area contributed by atoms with Gasteiger partial charge in [-0.2, -0.15) is 0 Å². The van der Waals surface area contributed by atoms with Gasteiger partial charge < -0.3 is 14.5 Å². The second kappa shape index (κ2) is 9.54. The van der Waals surface area contributed by atoms with Gasteiger partial charge in [0.15, 0.2) is 11.2 Å². The highest BCUT2D eigenvalue weighted by atomic mass is 35.5. The maximum atomic E-state index is 13.3. The number of carbonyl (C=O) groups excluding carboxylic acids is 1. The number of fused-ring (bicyclic) bond motifs is 1. The van der Waals surface area contributed by atoms with Crippen LogP contribution in [-0.2, 0) is 6.42 Å². The molecule has 3 aromatic carbocycles. The molecule has 0 aliphatic carbocycles. The molecule has 0 fully saturated rings. The molecule has 4 aromatic rings. The first-order valence-corrected chi connectivity index (χ1v) is 10.3. The van der Waals surface area contributed by atoms with E-state index >= 15 is 0 Å². The Morgan fingerprint density at radius 2 is 1.75 bits per heavy atom. The number of carbonyl (C=O) groups is 1. The Hall–Kier alpha value is -3.83. The first kappa shape index (κ1) is 21.4. The number of ketones is 1. The molecule has 1 aromatic heterocycles. The van der Waals surface area contributed by atoms with Crippen LogP contribution in [0.2, 0.25) is 5.02 Å². The summed E-state index contributed by atoms with van der Waals surface area (Å²) in [5.41, 5.74) is 2.40. The van der Waals surface area contributed by atoms with Crippen LogP contribution < -0.4 is 15.5 Å². The van der Waals surface area contributed by atoms with Crippen molar-refractivity contribution in [3.05, 3.63) is 117 Å². The summed E-state index contributed by atoms with van der Waals surface area (Å²) < 4.78 is 10.8. The Morgan fingerprint density at radius 3 is 2.47 bits per heavy atom. The van der Waals surface area contributed by atoms with Gasteiger partial charge in [-0.15, -0.1) is 0 Å². The lowest BCUT2D eigenvalue weighted by atomic mass is 9.98. The van der Waals surface area contributed by atoms with Crippen molar-refractivity contribution < 1.29 is 13.9 Å². The van der Waals surface area contributed by atoms with Crippen molar-refractivity contribution in [1.29, 1.82) is 0 Å². The number of nitrogens with one attached hydrogen (secondary N) is 1. The fraction of sp³-hybridized carbons (Fsp3) is 0.0769. The Balaban J connectivity index is 1.69. The molecule has 0 amide bonds. The number of methoxy groups -OCH3 is 1. The number of para-hydroxylation sites is 1. The van der Waals surface area contributed by atoms with Crippen molar-refractivity contribution in [2.75, 3.05) is 12.4 Å². The molecule has 0 spiro atoms. The van der Waals surface area contributed by atoms with E-state index in [2.05, 4.69) is 5.32 Å². The monoisotopic (exact) mass is 445 g/mol. The van der Waals surface area contributed by atoms with Gasteiger partial charge in [-0.1, -0.05) is 23.7 Å². The lowest BCUT2D eigenvalue weighted by molar-refractivity contribution is 0.103. The van der Waals surface area contributed by atoms with Crippen LogP contribution in [0.1, 0.15) is 15.9 Å². The maximum absolute atomic E-state index is 13.3. The van der Waals surface area contributed by atoms with E-state index in [4.69, 9.17) is 20.8 Å². The normalized spacial score (nSPS) is 11.4. The van der Waals surface area contributed by atoms with Crippen molar-refractivity contribution in [3.8, 4) is 5.75 Å². The highest BCUT2D eigenvalue weighted by Gasteiger charge is 2.16. The van der Waals surface area contributed by atoms with Crippen LogP contribution >= 0.6 is 11.6 Å². The quantitative estimate of drug-likeness (QED) is 0.284. The van der Waals surface area contributed by atoms with E-state index in [9.17, 15) is 9.59 Å². The lowest BCUT2D eigenvalue weighted by Gasteiger charge is -2.10. The highest BCUT2D eigenvalue weighted by Crippen LogP contribution is 2.20. The van der Waals surface area contributed by atoms with Crippen molar-refractivity contribution in [2.45, 2.75) is 6.42 Å². The minimum absolute atomic E-state index is 0.109. The van der Waals surface area contributed by atoms with Gasteiger partial charge in [0, 0.05) is 40.0 Å². The maximum Gasteiger partial charge on any atom is 0.196 e. The Morgan fingerprint density at radius 1 is 1.03 bits per heavy atom. The number of allylic oxidation sites excluding steroid dienone is 1. The van der Waals surface area contributed by atoms with E-state index in [1.165, 1.54) is 6.26 Å². The molecule has 0 aliphatic rings. The largest absolute Gasteiger partial charge is 0.497 e. The molecule has 0 bridgehead atoms. The van der Waals surface area contributed by atoms with Crippen LogP contribution in [0, 0.1) is 0 Å². The van der Waals surface area contributed by atoms with E-state index < -0.39 is 0 Å². The van der Waals surface area contributed by atoms with E-state index in [0.29, 0.717) is 32.7 Å². The molecule has 1 heterocycles. The summed E-state index contributed by atoms with van der Waals surface area (Å²) in [5.74, 6) is 0.515. The third-order valence-corrected chi connectivity index (χ3v) is 5.29. The summed E-state index contributed by atoms with van der Waals surface area (Å²) in [4.78, 5) is 26.2. The molecule has 0 aliphatic heterocycles. The molecule has 0 saturated heterocycles. The van der Waals surface area contributed by atoms with E-state index in [-0.39, 0.29) is 17.6 Å². The third kappa shape index (κ3) is 4.74. The number of anilines is 1. The Bertz CT molecular complexity index is 1340. The molecule has 5 nitrogen and oxygen atoms in total.